The normalized spacial score (nSPS) is 22.0. The van der Waals surface area contributed by atoms with Crippen molar-refractivity contribution in [3.8, 4) is 0 Å². The molecule has 6 heteroatoms. The van der Waals surface area contributed by atoms with Crippen molar-refractivity contribution in [2.75, 3.05) is 6.61 Å². The van der Waals surface area contributed by atoms with Crippen LogP contribution >= 0.6 is 15.9 Å². The summed E-state index contributed by atoms with van der Waals surface area (Å²) in [7, 11) is 1.96. The molecule has 118 valence electrons. The van der Waals surface area contributed by atoms with Gasteiger partial charge in [0.05, 0.1) is 0 Å². The first-order valence-electron chi connectivity index (χ1n) is 7.41. The minimum absolute atomic E-state index is 0.0936. The molecule has 1 aliphatic heterocycles. The van der Waals surface area contributed by atoms with Gasteiger partial charge in [-0.05, 0) is 31.0 Å². The van der Waals surface area contributed by atoms with Gasteiger partial charge in [-0.25, -0.2) is 9.37 Å². The number of ether oxygens (including phenoxy) is 1. The molecule has 1 aromatic carbocycles. The third kappa shape index (κ3) is 3.39. The van der Waals surface area contributed by atoms with Gasteiger partial charge >= 0.3 is 0 Å². The maximum Gasteiger partial charge on any atom is 0.139 e. The average Bonchev–Trinajstić information content (AvgIpc) is 2.94. The molecule has 4 nitrogen and oxygen atoms in total. The standard InChI is InChI=1S/C16H19BrFN3O/c1-21-7-6-19-16(21)15-14(3-2-8-22-15)20-10-11-9-12(17)4-5-13(11)18/h4-7,9,14-15,20H,2-3,8,10H2,1H3/t14-,15-/m0/s1. The molecule has 0 spiro atoms. The molecule has 0 bridgehead atoms. The summed E-state index contributed by atoms with van der Waals surface area (Å²) in [6, 6.07) is 5.13. The SMILES string of the molecule is Cn1ccnc1[C@H]1OCCC[C@@H]1NCc1cc(Br)ccc1F. The van der Waals surface area contributed by atoms with Crippen molar-refractivity contribution in [2.45, 2.75) is 31.5 Å². The number of halogens is 2. The number of nitrogens with one attached hydrogen (secondary N) is 1. The van der Waals surface area contributed by atoms with E-state index >= 15 is 0 Å². The second-order valence-corrected chi connectivity index (χ2v) is 6.47. The molecule has 1 aromatic heterocycles. The van der Waals surface area contributed by atoms with Crippen LogP contribution in [-0.2, 0) is 18.3 Å². The summed E-state index contributed by atoms with van der Waals surface area (Å²) in [5.41, 5.74) is 0.651. The third-order valence-electron chi connectivity index (χ3n) is 4.00. The summed E-state index contributed by atoms with van der Waals surface area (Å²) >= 11 is 3.38. The molecular weight excluding hydrogens is 349 g/mol. The minimum Gasteiger partial charge on any atom is -0.369 e. The fraction of sp³-hybridized carbons (Fsp3) is 0.438. The molecular formula is C16H19BrFN3O. The Morgan fingerprint density at radius 1 is 1.50 bits per heavy atom. The van der Waals surface area contributed by atoms with E-state index in [-0.39, 0.29) is 18.0 Å². The molecule has 0 aliphatic carbocycles. The lowest BCUT2D eigenvalue weighted by Crippen LogP contribution is -2.40. The van der Waals surface area contributed by atoms with Gasteiger partial charge in [-0.15, -0.1) is 0 Å². The molecule has 1 aliphatic rings. The van der Waals surface area contributed by atoms with Crippen molar-refractivity contribution in [1.82, 2.24) is 14.9 Å². The van der Waals surface area contributed by atoms with Crippen molar-refractivity contribution in [3.05, 3.63) is 52.3 Å². The topological polar surface area (TPSA) is 39.1 Å². The van der Waals surface area contributed by atoms with E-state index in [1.54, 1.807) is 12.3 Å². The van der Waals surface area contributed by atoms with E-state index < -0.39 is 0 Å². The zero-order valence-corrected chi connectivity index (χ0v) is 14.0. The molecule has 3 rings (SSSR count). The number of rotatable bonds is 4. The Labute approximate surface area is 137 Å². The van der Waals surface area contributed by atoms with E-state index in [9.17, 15) is 4.39 Å². The summed E-state index contributed by atoms with van der Waals surface area (Å²) in [4.78, 5) is 4.39. The summed E-state index contributed by atoms with van der Waals surface area (Å²) in [5, 5.41) is 3.43. The van der Waals surface area contributed by atoms with Gasteiger partial charge in [-0.2, -0.15) is 0 Å². The van der Waals surface area contributed by atoms with Gasteiger partial charge in [-0.1, -0.05) is 15.9 Å². The molecule has 1 fully saturated rings. The Balaban J connectivity index is 1.72. The Morgan fingerprint density at radius 2 is 2.36 bits per heavy atom. The Hall–Kier alpha value is -1.24. The first kappa shape index (κ1) is 15.6. The molecule has 0 unspecified atom stereocenters. The number of nitrogens with zero attached hydrogens (tertiary/aromatic N) is 2. The smallest absolute Gasteiger partial charge is 0.139 e. The molecule has 0 radical (unpaired) electrons. The van der Waals surface area contributed by atoms with Crippen molar-refractivity contribution in [1.29, 1.82) is 0 Å². The second kappa shape index (κ2) is 6.89. The van der Waals surface area contributed by atoms with Gasteiger partial charge in [0.15, 0.2) is 0 Å². The molecule has 1 N–H and O–H groups in total. The highest BCUT2D eigenvalue weighted by Gasteiger charge is 2.30. The Bertz CT molecular complexity index is 646. The first-order valence-corrected chi connectivity index (χ1v) is 8.20. The Kier molecular flexibility index (Phi) is 4.90. The Morgan fingerprint density at radius 3 is 3.14 bits per heavy atom. The summed E-state index contributed by atoms with van der Waals surface area (Å²) in [5.74, 6) is 0.716. The van der Waals surface area contributed by atoms with Crippen LogP contribution in [0.5, 0.6) is 0 Å². The lowest BCUT2D eigenvalue weighted by molar-refractivity contribution is -0.0179. The average molecular weight is 368 g/mol. The van der Waals surface area contributed by atoms with Gasteiger partial charge in [0.25, 0.3) is 0 Å². The van der Waals surface area contributed by atoms with E-state index in [0.717, 1.165) is 29.7 Å². The van der Waals surface area contributed by atoms with E-state index in [4.69, 9.17) is 4.74 Å². The van der Waals surface area contributed by atoms with Crippen LogP contribution in [0.1, 0.15) is 30.3 Å². The van der Waals surface area contributed by atoms with Gasteiger partial charge in [0, 0.05) is 48.7 Å². The van der Waals surface area contributed by atoms with Crippen LogP contribution in [0.4, 0.5) is 4.39 Å². The molecule has 0 amide bonds. The predicted octanol–water partition coefficient (Wildman–Crippen LogP) is 3.33. The number of hydrogen-bond donors (Lipinski definition) is 1. The summed E-state index contributed by atoms with van der Waals surface area (Å²) < 4.78 is 22.6. The first-order chi connectivity index (χ1) is 10.6. The highest BCUT2D eigenvalue weighted by Crippen LogP contribution is 2.27. The zero-order chi connectivity index (χ0) is 15.5. The van der Waals surface area contributed by atoms with Crippen molar-refractivity contribution in [3.63, 3.8) is 0 Å². The van der Waals surface area contributed by atoms with Gasteiger partial charge in [0.2, 0.25) is 0 Å². The lowest BCUT2D eigenvalue weighted by atomic mass is 10.0. The fourth-order valence-electron chi connectivity index (χ4n) is 2.82. The van der Waals surface area contributed by atoms with Crippen LogP contribution in [0.3, 0.4) is 0 Å². The molecule has 2 atom stereocenters. The number of hydrogen-bond acceptors (Lipinski definition) is 3. The quantitative estimate of drug-likeness (QED) is 0.900. The van der Waals surface area contributed by atoms with Crippen molar-refractivity contribution < 1.29 is 9.13 Å². The van der Waals surface area contributed by atoms with Crippen LogP contribution in [-0.4, -0.2) is 22.2 Å². The molecule has 0 saturated carbocycles. The highest BCUT2D eigenvalue weighted by molar-refractivity contribution is 9.10. The monoisotopic (exact) mass is 367 g/mol. The van der Waals surface area contributed by atoms with Gasteiger partial charge in [0.1, 0.15) is 17.7 Å². The number of benzene rings is 1. The van der Waals surface area contributed by atoms with Crippen LogP contribution in [0.15, 0.2) is 35.1 Å². The summed E-state index contributed by atoms with van der Waals surface area (Å²) in [6.07, 6.45) is 5.59. The number of aryl methyl sites for hydroxylation is 1. The van der Waals surface area contributed by atoms with Gasteiger partial charge in [-0.3, -0.25) is 0 Å². The van der Waals surface area contributed by atoms with Crippen LogP contribution < -0.4 is 5.32 Å². The van der Waals surface area contributed by atoms with Crippen molar-refractivity contribution >= 4 is 15.9 Å². The van der Waals surface area contributed by atoms with E-state index in [2.05, 4.69) is 26.2 Å². The third-order valence-corrected chi connectivity index (χ3v) is 4.49. The maximum atomic E-state index is 13.8. The van der Waals surface area contributed by atoms with Crippen LogP contribution in [0, 0.1) is 5.82 Å². The fourth-order valence-corrected chi connectivity index (χ4v) is 3.22. The van der Waals surface area contributed by atoms with Crippen LogP contribution in [0.25, 0.3) is 0 Å². The van der Waals surface area contributed by atoms with Crippen LogP contribution in [0.2, 0.25) is 0 Å². The second-order valence-electron chi connectivity index (χ2n) is 5.55. The van der Waals surface area contributed by atoms with Crippen molar-refractivity contribution in [2.24, 2.45) is 7.05 Å². The molecule has 2 aromatic rings. The van der Waals surface area contributed by atoms with Gasteiger partial charge < -0.3 is 14.6 Å². The minimum atomic E-state index is -0.194. The highest BCUT2D eigenvalue weighted by atomic mass is 79.9. The largest absolute Gasteiger partial charge is 0.369 e. The summed E-state index contributed by atoms with van der Waals surface area (Å²) in [6.45, 7) is 1.21. The molecule has 1 saturated heterocycles. The zero-order valence-electron chi connectivity index (χ0n) is 12.4. The molecule has 2 heterocycles. The number of imidazole rings is 1. The maximum absolute atomic E-state index is 13.8. The predicted molar refractivity (Wildman–Crippen MR) is 85.9 cm³/mol. The number of aromatic nitrogens is 2. The van der Waals surface area contributed by atoms with E-state index in [1.807, 2.05) is 23.9 Å². The molecule has 22 heavy (non-hydrogen) atoms. The lowest BCUT2D eigenvalue weighted by Gasteiger charge is -2.32. The van der Waals surface area contributed by atoms with E-state index in [1.165, 1.54) is 6.07 Å². The van der Waals surface area contributed by atoms with E-state index in [0.29, 0.717) is 12.1 Å².